The molecule has 162 valence electrons. The van der Waals surface area contributed by atoms with Crippen molar-refractivity contribution in [2.45, 2.75) is 11.1 Å². The van der Waals surface area contributed by atoms with Crippen molar-refractivity contribution in [2.75, 3.05) is 26.2 Å². The highest BCUT2D eigenvalue weighted by molar-refractivity contribution is 7.89. The maximum Gasteiger partial charge on any atom is 0.419 e. The van der Waals surface area contributed by atoms with Gasteiger partial charge in [0, 0.05) is 31.7 Å². The highest BCUT2D eigenvalue weighted by Gasteiger charge is 2.36. The molecule has 0 unspecified atom stereocenters. The normalized spacial score (nSPS) is 16.0. The Balaban J connectivity index is 1.74. The van der Waals surface area contributed by atoms with Crippen LogP contribution >= 0.6 is 23.2 Å². The summed E-state index contributed by atoms with van der Waals surface area (Å²) in [6.45, 7) is -0.223. The Kier molecular flexibility index (Phi) is 6.33. The van der Waals surface area contributed by atoms with Crippen molar-refractivity contribution in [1.82, 2.24) is 9.21 Å². The predicted octanol–water partition coefficient (Wildman–Crippen LogP) is 4.30. The molecule has 2 aromatic rings. The summed E-state index contributed by atoms with van der Waals surface area (Å²) in [5.41, 5.74) is -1.86. The van der Waals surface area contributed by atoms with Crippen LogP contribution in [0.5, 0.6) is 0 Å². The van der Waals surface area contributed by atoms with Gasteiger partial charge < -0.3 is 4.90 Å². The Bertz CT molecular complexity index is 1090. The second-order valence-corrected chi connectivity index (χ2v) is 9.22. The maximum absolute atomic E-state index is 13.4. The number of benzene rings is 2. The zero-order valence-electron chi connectivity index (χ0n) is 15.1. The molecule has 1 heterocycles. The Morgan fingerprint density at radius 1 is 0.933 bits per heavy atom. The molecule has 0 aliphatic carbocycles. The van der Waals surface area contributed by atoms with E-state index in [-0.39, 0.29) is 46.7 Å². The van der Waals surface area contributed by atoms with Gasteiger partial charge in [0.05, 0.1) is 20.5 Å². The summed E-state index contributed by atoms with van der Waals surface area (Å²) in [6, 6.07) is 5.87. The van der Waals surface area contributed by atoms with Crippen LogP contribution in [0, 0.1) is 5.82 Å². The number of sulfonamides is 1. The molecule has 0 spiro atoms. The number of hydrogen-bond acceptors (Lipinski definition) is 3. The zero-order valence-corrected chi connectivity index (χ0v) is 17.4. The van der Waals surface area contributed by atoms with Crippen LogP contribution in [-0.4, -0.2) is 49.7 Å². The fourth-order valence-electron chi connectivity index (χ4n) is 2.98. The minimum atomic E-state index is -4.94. The molecule has 0 bridgehead atoms. The van der Waals surface area contributed by atoms with Crippen LogP contribution in [0.4, 0.5) is 17.6 Å². The van der Waals surface area contributed by atoms with Crippen LogP contribution < -0.4 is 0 Å². The number of nitrogens with zero attached hydrogens (tertiary/aromatic N) is 2. The summed E-state index contributed by atoms with van der Waals surface area (Å²) >= 11 is 11.7. The van der Waals surface area contributed by atoms with E-state index >= 15 is 0 Å². The summed E-state index contributed by atoms with van der Waals surface area (Å²) in [5.74, 6) is -2.22. The molecular weight excluding hydrogens is 471 g/mol. The summed E-state index contributed by atoms with van der Waals surface area (Å²) in [7, 11) is -3.89. The summed E-state index contributed by atoms with van der Waals surface area (Å²) in [5, 5.41) is 0.270. The molecule has 3 rings (SSSR count). The highest BCUT2D eigenvalue weighted by atomic mass is 35.5. The standard InChI is InChI=1S/C18H14Cl2F4N2O3S/c19-14-3-2-12(10-15(14)20)30(28,29)26-7-5-25(6-8-26)17(27)11-1-4-16(21)13(9-11)18(22,23)24/h1-4,9-10H,5-8H2. The number of carbonyl (C=O) groups is 1. The quantitative estimate of drug-likeness (QED) is 0.610. The minimum Gasteiger partial charge on any atom is -0.336 e. The first kappa shape index (κ1) is 22.8. The largest absolute Gasteiger partial charge is 0.419 e. The van der Waals surface area contributed by atoms with Crippen molar-refractivity contribution in [3.8, 4) is 0 Å². The molecule has 2 aromatic carbocycles. The minimum absolute atomic E-state index is 0.0435. The number of rotatable bonds is 3. The van der Waals surface area contributed by atoms with E-state index in [1.54, 1.807) is 0 Å². The number of halogens is 6. The van der Waals surface area contributed by atoms with Gasteiger partial charge in [0.15, 0.2) is 0 Å². The second kappa shape index (κ2) is 8.33. The Morgan fingerprint density at radius 2 is 1.57 bits per heavy atom. The fraction of sp³-hybridized carbons (Fsp3) is 0.278. The summed E-state index contributed by atoms with van der Waals surface area (Å²) in [4.78, 5) is 13.7. The van der Waals surface area contributed by atoms with Gasteiger partial charge >= 0.3 is 6.18 Å². The number of amides is 1. The first-order valence-corrected chi connectivity index (χ1v) is 10.7. The van der Waals surface area contributed by atoms with Crippen LogP contribution in [0.15, 0.2) is 41.3 Å². The molecule has 1 saturated heterocycles. The molecule has 1 aliphatic heterocycles. The molecule has 0 N–H and O–H groups in total. The van der Waals surface area contributed by atoms with Gasteiger partial charge in [0.1, 0.15) is 5.82 Å². The third kappa shape index (κ3) is 4.56. The lowest BCUT2D eigenvalue weighted by Crippen LogP contribution is -2.50. The first-order chi connectivity index (χ1) is 13.9. The first-order valence-electron chi connectivity index (χ1n) is 8.52. The Morgan fingerprint density at radius 3 is 2.13 bits per heavy atom. The van der Waals surface area contributed by atoms with E-state index in [2.05, 4.69) is 0 Å². The van der Waals surface area contributed by atoms with Gasteiger partial charge in [-0.25, -0.2) is 12.8 Å². The van der Waals surface area contributed by atoms with Crippen molar-refractivity contribution >= 4 is 39.1 Å². The van der Waals surface area contributed by atoms with Gasteiger partial charge in [-0.3, -0.25) is 4.79 Å². The van der Waals surface area contributed by atoms with Gasteiger partial charge in [-0.15, -0.1) is 0 Å². The lowest BCUT2D eigenvalue weighted by Gasteiger charge is -2.34. The molecule has 0 aromatic heterocycles. The van der Waals surface area contributed by atoms with Crippen molar-refractivity contribution in [3.05, 3.63) is 63.4 Å². The lowest BCUT2D eigenvalue weighted by molar-refractivity contribution is -0.140. The molecule has 1 aliphatic rings. The molecular formula is C18H14Cl2F4N2O3S. The average Bonchev–Trinajstić information content (AvgIpc) is 2.69. The van der Waals surface area contributed by atoms with Gasteiger partial charge in [-0.05, 0) is 36.4 Å². The highest BCUT2D eigenvalue weighted by Crippen LogP contribution is 2.32. The second-order valence-electron chi connectivity index (χ2n) is 6.46. The summed E-state index contributed by atoms with van der Waals surface area (Å²) in [6.07, 6.45) is -4.94. The van der Waals surface area contributed by atoms with Gasteiger partial charge in [-0.1, -0.05) is 23.2 Å². The van der Waals surface area contributed by atoms with Crippen molar-refractivity contribution in [2.24, 2.45) is 0 Å². The van der Waals surface area contributed by atoms with Crippen LogP contribution in [0.1, 0.15) is 15.9 Å². The SMILES string of the molecule is O=C(c1ccc(F)c(C(F)(F)F)c1)N1CCN(S(=O)(=O)c2ccc(Cl)c(Cl)c2)CC1. The topological polar surface area (TPSA) is 57.7 Å². The summed E-state index contributed by atoms with van der Waals surface area (Å²) < 4.78 is 78.7. The van der Waals surface area contributed by atoms with E-state index in [4.69, 9.17) is 23.2 Å². The van der Waals surface area contributed by atoms with Gasteiger partial charge in [0.2, 0.25) is 10.0 Å². The van der Waals surface area contributed by atoms with E-state index < -0.39 is 33.5 Å². The molecule has 12 heteroatoms. The van der Waals surface area contributed by atoms with Gasteiger partial charge in [-0.2, -0.15) is 17.5 Å². The fourth-order valence-corrected chi connectivity index (χ4v) is 4.79. The molecule has 0 saturated carbocycles. The molecule has 0 atom stereocenters. The molecule has 5 nitrogen and oxygen atoms in total. The zero-order chi connectivity index (χ0) is 22.3. The molecule has 0 radical (unpaired) electrons. The van der Waals surface area contributed by atoms with Crippen LogP contribution in [0.25, 0.3) is 0 Å². The van der Waals surface area contributed by atoms with Gasteiger partial charge in [0.25, 0.3) is 5.91 Å². The third-order valence-electron chi connectivity index (χ3n) is 4.57. The van der Waals surface area contributed by atoms with Crippen LogP contribution in [0.3, 0.4) is 0 Å². The average molecular weight is 485 g/mol. The van der Waals surface area contributed by atoms with Crippen LogP contribution in [0.2, 0.25) is 10.0 Å². The van der Waals surface area contributed by atoms with E-state index in [1.807, 2.05) is 0 Å². The van der Waals surface area contributed by atoms with E-state index in [0.29, 0.717) is 12.1 Å². The molecule has 1 amide bonds. The monoisotopic (exact) mass is 484 g/mol. The number of piperazine rings is 1. The number of carbonyl (C=O) groups excluding carboxylic acids is 1. The molecule has 30 heavy (non-hydrogen) atoms. The predicted molar refractivity (Wildman–Crippen MR) is 103 cm³/mol. The smallest absolute Gasteiger partial charge is 0.336 e. The van der Waals surface area contributed by atoms with E-state index in [9.17, 15) is 30.8 Å². The van der Waals surface area contributed by atoms with Crippen molar-refractivity contribution < 1.29 is 30.8 Å². The molecule has 1 fully saturated rings. The van der Waals surface area contributed by atoms with E-state index in [1.165, 1.54) is 23.1 Å². The Hall–Kier alpha value is -1.88. The number of alkyl halides is 3. The lowest BCUT2D eigenvalue weighted by atomic mass is 10.1. The Labute approximate surface area is 179 Å². The third-order valence-corrected chi connectivity index (χ3v) is 7.21. The van der Waals surface area contributed by atoms with Crippen molar-refractivity contribution in [3.63, 3.8) is 0 Å². The maximum atomic E-state index is 13.4. The van der Waals surface area contributed by atoms with E-state index in [0.717, 1.165) is 10.4 Å². The van der Waals surface area contributed by atoms with Crippen molar-refractivity contribution in [1.29, 1.82) is 0 Å². The van der Waals surface area contributed by atoms with Crippen LogP contribution in [-0.2, 0) is 16.2 Å². The number of hydrogen-bond donors (Lipinski definition) is 0.